The topological polar surface area (TPSA) is 37.3 Å². The van der Waals surface area contributed by atoms with Crippen molar-refractivity contribution in [1.29, 1.82) is 0 Å². The number of hydrogen-bond acceptors (Lipinski definition) is 1. The molecule has 1 aliphatic carbocycles. The zero-order valence-electron chi connectivity index (χ0n) is 8.18. The fraction of sp³-hybridized carbons (Fsp3) is 0.364. The Morgan fingerprint density at radius 3 is 2.60 bits per heavy atom. The number of benzene rings is 1. The lowest BCUT2D eigenvalue weighted by atomic mass is 9.92. The summed E-state index contributed by atoms with van der Waals surface area (Å²) in [6.45, 7) is 1.57. The van der Waals surface area contributed by atoms with Gasteiger partial charge in [-0.15, -0.1) is 0 Å². The van der Waals surface area contributed by atoms with Gasteiger partial charge in [0, 0.05) is 0 Å². The first kappa shape index (κ1) is 10.4. The van der Waals surface area contributed by atoms with Crippen LogP contribution in [0.5, 0.6) is 0 Å². The van der Waals surface area contributed by atoms with E-state index in [1.54, 1.807) is 13.0 Å². The normalized spacial score (nSPS) is 17.5. The summed E-state index contributed by atoms with van der Waals surface area (Å²) in [7, 11) is 0. The fourth-order valence-corrected chi connectivity index (χ4v) is 2.10. The van der Waals surface area contributed by atoms with Gasteiger partial charge in [-0.3, -0.25) is 4.79 Å². The Labute approximate surface area is 91.7 Å². The number of carboxylic acids is 1. The van der Waals surface area contributed by atoms with Crippen LogP contribution in [0.4, 0.5) is 4.39 Å². The SMILES string of the molecule is Cc1c(C2(C(=O)O)CC2)ccc(Cl)c1F. The van der Waals surface area contributed by atoms with Crippen molar-refractivity contribution < 1.29 is 14.3 Å². The highest BCUT2D eigenvalue weighted by Gasteiger charge is 2.52. The summed E-state index contributed by atoms with van der Waals surface area (Å²) in [5.74, 6) is -1.39. The van der Waals surface area contributed by atoms with Crippen LogP contribution in [0.2, 0.25) is 5.02 Å². The van der Waals surface area contributed by atoms with Crippen molar-refractivity contribution in [2.45, 2.75) is 25.2 Å². The van der Waals surface area contributed by atoms with Crippen LogP contribution in [0.1, 0.15) is 24.0 Å². The second-order valence-electron chi connectivity index (χ2n) is 3.92. The maximum atomic E-state index is 13.5. The van der Waals surface area contributed by atoms with Gasteiger partial charge in [-0.25, -0.2) is 4.39 Å². The molecule has 0 unspecified atom stereocenters. The molecule has 0 heterocycles. The zero-order valence-corrected chi connectivity index (χ0v) is 8.94. The first-order valence-corrected chi connectivity index (χ1v) is 5.05. The highest BCUT2D eigenvalue weighted by Crippen LogP contribution is 2.50. The summed E-state index contributed by atoms with van der Waals surface area (Å²) in [6, 6.07) is 3.03. The third-order valence-corrected chi connectivity index (χ3v) is 3.31. The number of halogens is 2. The van der Waals surface area contributed by atoms with Crippen LogP contribution in [-0.4, -0.2) is 11.1 Å². The fourth-order valence-electron chi connectivity index (χ4n) is 1.89. The average Bonchev–Trinajstić information content (AvgIpc) is 2.95. The van der Waals surface area contributed by atoms with E-state index in [-0.39, 0.29) is 5.02 Å². The second kappa shape index (κ2) is 3.20. The van der Waals surface area contributed by atoms with E-state index in [1.807, 2.05) is 0 Å². The first-order valence-electron chi connectivity index (χ1n) is 4.67. The molecule has 15 heavy (non-hydrogen) atoms. The summed E-state index contributed by atoms with van der Waals surface area (Å²) < 4.78 is 13.5. The van der Waals surface area contributed by atoms with Crippen LogP contribution in [-0.2, 0) is 10.2 Å². The maximum Gasteiger partial charge on any atom is 0.314 e. The standard InChI is InChI=1S/C11H10ClFO2/c1-6-7(2-3-8(12)9(6)13)11(4-5-11)10(14)15/h2-3H,4-5H2,1H3,(H,14,15). The monoisotopic (exact) mass is 228 g/mol. The molecule has 80 valence electrons. The van der Waals surface area contributed by atoms with Crippen molar-refractivity contribution in [3.05, 3.63) is 34.1 Å². The van der Waals surface area contributed by atoms with E-state index in [1.165, 1.54) is 6.07 Å². The maximum absolute atomic E-state index is 13.5. The molecule has 0 atom stereocenters. The molecular weight excluding hydrogens is 219 g/mol. The molecule has 1 aromatic rings. The number of aliphatic carboxylic acids is 1. The molecule has 1 fully saturated rings. The number of rotatable bonds is 2. The number of hydrogen-bond donors (Lipinski definition) is 1. The second-order valence-corrected chi connectivity index (χ2v) is 4.33. The smallest absolute Gasteiger partial charge is 0.314 e. The Kier molecular flexibility index (Phi) is 2.23. The van der Waals surface area contributed by atoms with Gasteiger partial charge in [-0.05, 0) is 37.0 Å². The predicted octanol–water partition coefficient (Wildman–Crippen LogP) is 2.90. The number of carboxylic acid groups (broad SMARTS) is 1. The van der Waals surface area contributed by atoms with Crippen LogP contribution in [0.25, 0.3) is 0 Å². The molecule has 0 saturated heterocycles. The van der Waals surface area contributed by atoms with Crippen LogP contribution in [0, 0.1) is 12.7 Å². The Morgan fingerprint density at radius 2 is 2.13 bits per heavy atom. The molecule has 0 spiro atoms. The molecule has 2 nitrogen and oxygen atoms in total. The zero-order chi connectivity index (χ0) is 11.2. The highest BCUT2D eigenvalue weighted by molar-refractivity contribution is 6.30. The van der Waals surface area contributed by atoms with E-state index in [2.05, 4.69) is 0 Å². The first-order chi connectivity index (χ1) is 6.99. The molecule has 2 rings (SSSR count). The van der Waals surface area contributed by atoms with E-state index < -0.39 is 17.2 Å². The lowest BCUT2D eigenvalue weighted by Gasteiger charge is -2.14. The van der Waals surface area contributed by atoms with Crippen molar-refractivity contribution in [1.82, 2.24) is 0 Å². The summed E-state index contributed by atoms with van der Waals surface area (Å²) in [6.07, 6.45) is 1.15. The van der Waals surface area contributed by atoms with Crippen molar-refractivity contribution in [3.8, 4) is 0 Å². The summed E-state index contributed by atoms with van der Waals surface area (Å²) in [4.78, 5) is 11.1. The molecule has 1 aliphatic rings. The van der Waals surface area contributed by atoms with E-state index in [9.17, 15) is 9.18 Å². The molecule has 1 saturated carbocycles. The van der Waals surface area contributed by atoms with Gasteiger partial charge in [0.05, 0.1) is 10.4 Å². The van der Waals surface area contributed by atoms with E-state index in [0.717, 1.165) is 0 Å². The Hall–Kier alpha value is -1.09. The summed E-state index contributed by atoms with van der Waals surface area (Å²) in [5, 5.41) is 9.13. The summed E-state index contributed by atoms with van der Waals surface area (Å²) >= 11 is 5.61. The molecule has 0 bridgehead atoms. The Balaban J connectivity index is 2.55. The van der Waals surface area contributed by atoms with Gasteiger partial charge in [0.1, 0.15) is 5.82 Å². The number of carbonyl (C=O) groups is 1. The third kappa shape index (κ3) is 1.42. The minimum Gasteiger partial charge on any atom is -0.481 e. The minimum absolute atomic E-state index is 0.0393. The lowest BCUT2D eigenvalue weighted by molar-refractivity contribution is -0.140. The third-order valence-electron chi connectivity index (χ3n) is 3.01. The van der Waals surface area contributed by atoms with E-state index in [0.29, 0.717) is 24.0 Å². The van der Waals surface area contributed by atoms with Gasteiger partial charge in [0.2, 0.25) is 0 Å². The molecule has 1 aromatic carbocycles. The van der Waals surface area contributed by atoms with Gasteiger partial charge in [0.15, 0.2) is 0 Å². The van der Waals surface area contributed by atoms with Crippen LogP contribution < -0.4 is 0 Å². The highest BCUT2D eigenvalue weighted by atomic mass is 35.5. The van der Waals surface area contributed by atoms with E-state index >= 15 is 0 Å². The molecule has 0 aromatic heterocycles. The van der Waals surface area contributed by atoms with Gasteiger partial charge in [0.25, 0.3) is 0 Å². The lowest BCUT2D eigenvalue weighted by Crippen LogP contribution is -2.21. The minimum atomic E-state index is -0.882. The largest absolute Gasteiger partial charge is 0.481 e. The van der Waals surface area contributed by atoms with Crippen molar-refractivity contribution in [3.63, 3.8) is 0 Å². The molecule has 1 N–H and O–H groups in total. The van der Waals surface area contributed by atoms with Crippen LogP contribution in [0.15, 0.2) is 12.1 Å². The molecule has 0 radical (unpaired) electrons. The van der Waals surface area contributed by atoms with Gasteiger partial charge in [-0.2, -0.15) is 0 Å². The average molecular weight is 229 g/mol. The van der Waals surface area contributed by atoms with Gasteiger partial charge < -0.3 is 5.11 Å². The molecule has 0 amide bonds. The molecule has 4 heteroatoms. The van der Waals surface area contributed by atoms with Crippen LogP contribution in [0.3, 0.4) is 0 Å². The van der Waals surface area contributed by atoms with Crippen molar-refractivity contribution in [2.75, 3.05) is 0 Å². The van der Waals surface area contributed by atoms with E-state index in [4.69, 9.17) is 16.7 Å². The van der Waals surface area contributed by atoms with Crippen molar-refractivity contribution in [2.24, 2.45) is 0 Å². The Bertz CT molecular complexity index is 438. The quantitative estimate of drug-likeness (QED) is 0.845. The van der Waals surface area contributed by atoms with Gasteiger partial charge >= 0.3 is 5.97 Å². The van der Waals surface area contributed by atoms with Crippen molar-refractivity contribution >= 4 is 17.6 Å². The molecular formula is C11H10ClFO2. The summed E-state index contributed by atoms with van der Waals surface area (Å²) in [5.41, 5.74) is 0.0366. The molecule has 0 aliphatic heterocycles. The Morgan fingerprint density at radius 1 is 1.53 bits per heavy atom. The predicted molar refractivity (Wildman–Crippen MR) is 54.7 cm³/mol. The van der Waals surface area contributed by atoms with Crippen LogP contribution >= 0.6 is 11.6 Å². The van der Waals surface area contributed by atoms with Gasteiger partial charge in [-0.1, -0.05) is 17.7 Å².